The number of hydrogen-bond donors (Lipinski definition) is 2. The minimum atomic E-state index is 0.417. The zero-order chi connectivity index (χ0) is 11.0. The summed E-state index contributed by atoms with van der Waals surface area (Å²) in [5.74, 6) is 1.43. The summed E-state index contributed by atoms with van der Waals surface area (Å²) in [5, 5.41) is 6.98. The van der Waals surface area contributed by atoms with Crippen LogP contribution in [0, 0.1) is 5.92 Å². The third-order valence-corrected chi connectivity index (χ3v) is 3.32. The SMILES string of the molecule is COc1ccc2c(c1)NC1COCC1CN2. The van der Waals surface area contributed by atoms with Crippen LogP contribution in [-0.2, 0) is 4.74 Å². The maximum atomic E-state index is 5.48. The van der Waals surface area contributed by atoms with Gasteiger partial charge in [0.1, 0.15) is 5.75 Å². The van der Waals surface area contributed by atoms with Crippen LogP contribution in [0.2, 0.25) is 0 Å². The van der Waals surface area contributed by atoms with E-state index in [1.165, 1.54) is 0 Å². The Morgan fingerprint density at radius 2 is 2.25 bits per heavy atom. The summed E-state index contributed by atoms with van der Waals surface area (Å²) < 4.78 is 10.7. The zero-order valence-corrected chi connectivity index (χ0v) is 9.32. The maximum Gasteiger partial charge on any atom is 0.121 e. The summed E-state index contributed by atoms with van der Waals surface area (Å²) in [5.41, 5.74) is 2.26. The highest BCUT2D eigenvalue weighted by atomic mass is 16.5. The Morgan fingerprint density at radius 3 is 3.12 bits per heavy atom. The van der Waals surface area contributed by atoms with E-state index >= 15 is 0 Å². The van der Waals surface area contributed by atoms with Gasteiger partial charge in [-0.05, 0) is 12.1 Å². The molecule has 0 saturated carbocycles. The Kier molecular flexibility index (Phi) is 2.36. The number of nitrogens with one attached hydrogen (secondary N) is 2. The van der Waals surface area contributed by atoms with Gasteiger partial charge in [-0.15, -0.1) is 0 Å². The molecule has 1 aromatic carbocycles. The molecule has 2 N–H and O–H groups in total. The van der Waals surface area contributed by atoms with Crippen molar-refractivity contribution in [3.8, 4) is 5.75 Å². The largest absolute Gasteiger partial charge is 0.497 e. The predicted molar refractivity (Wildman–Crippen MR) is 63.2 cm³/mol. The van der Waals surface area contributed by atoms with Gasteiger partial charge < -0.3 is 20.1 Å². The van der Waals surface area contributed by atoms with Gasteiger partial charge in [-0.3, -0.25) is 0 Å². The number of ether oxygens (including phenoxy) is 2. The first-order chi connectivity index (χ1) is 7.86. The number of rotatable bonds is 1. The molecule has 2 aliphatic heterocycles. The summed E-state index contributed by atoms with van der Waals surface area (Å²) in [6.07, 6.45) is 0. The van der Waals surface area contributed by atoms with Gasteiger partial charge in [0.05, 0.1) is 37.7 Å². The van der Waals surface area contributed by atoms with Gasteiger partial charge in [0.25, 0.3) is 0 Å². The van der Waals surface area contributed by atoms with Gasteiger partial charge in [0.15, 0.2) is 0 Å². The van der Waals surface area contributed by atoms with Crippen molar-refractivity contribution in [3.63, 3.8) is 0 Å². The first kappa shape index (κ1) is 9.78. The van der Waals surface area contributed by atoms with Crippen LogP contribution >= 0.6 is 0 Å². The zero-order valence-electron chi connectivity index (χ0n) is 9.32. The van der Waals surface area contributed by atoms with Gasteiger partial charge in [0, 0.05) is 18.5 Å². The van der Waals surface area contributed by atoms with Crippen LogP contribution in [0.5, 0.6) is 5.75 Å². The quantitative estimate of drug-likeness (QED) is 0.753. The lowest BCUT2D eigenvalue weighted by Crippen LogP contribution is -2.29. The molecule has 4 nitrogen and oxygen atoms in total. The molecule has 0 amide bonds. The molecule has 3 rings (SSSR count). The molecule has 16 heavy (non-hydrogen) atoms. The van der Waals surface area contributed by atoms with E-state index in [1.54, 1.807) is 7.11 Å². The van der Waals surface area contributed by atoms with E-state index in [0.717, 1.165) is 36.9 Å². The lowest BCUT2D eigenvalue weighted by molar-refractivity contribution is 0.186. The fourth-order valence-corrected chi connectivity index (χ4v) is 2.32. The molecule has 0 radical (unpaired) electrons. The molecule has 4 heteroatoms. The van der Waals surface area contributed by atoms with E-state index in [0.29, 0.717) is 12.0 Å². The number of hydrogen-bond acceptors (Lipinski definition) is 4. The summed E-state index contributed by atoms with van der Waals surface area (Å²) in [6.45, 7) is 2.61. The van der Waals surface area contributed by atoms with Crippen LogP contribution in [0.3, 0.4) is 0 Å². The topological polar surface area (TPSA) is 42.5 Å². The van der Waals surface area contributed by atoms with Crippen molar-refractivity contribution in [1.82, 2.24) is 0 Å². The number of fused-ring (bicyclic) bond motifs is 2. The molecule has 0 aromatic heterocycles. The third kappa shape index (κ3) is 1.59. The molecule has 1 fully saturated rings. The Morgan fingerprint density at radius 1 is 1.31 bits per heavy atom. The monoisotopic (exact) mass is 220 g/mol. The normalized spacial score (nSPS) is 27.1. The average molecular weight is 220 g/mol. The third-order valence-electron chi connectivity index (χ3n) is 3.32. The van der Waals surface area contributed by atoms with E-state index < -0.39 is 0 Å². The van der Waals surface area contributed by atoms with Crippen molar-refractivity contribution < 1.29 is 9.47 Å². The highest BCUT2D eigenvalue weighted by Crippen LogP contribution is 2.32. The van der Waals surface area contributed by atoms with Crippen molar-refractivity contribution in [2.24, 2.45) is 5.92 Å². The molecule has 2 atom stereocenters. The van der Waals surface area contributed by atoms with E-state index in [2.05, 4.69) is 16.7 Å². The first-order valence-corrected chi connectivity index (χ1v) is 5.63. The van der Waals surface area contributed by atoms with Crippen LogP contribution in [0.15, 0.2) is 18.2 Å². The predicted octanol–water partition coefficient (Wildman–Crippen LogP) is 1.55. The van der Waals surface area contributed by atoms with Crippen molar-refractivity contribution in [3.05, 3.63) is 18.2 Å². The summed E-state index contributed by atoms with van der Waals surface area (Å²) in [7, 11) is 1.69. The van der Waals surface area contributed by atoms with Gasteiger partial charge in [-0.1, -0.05) is 0 Å². The lowest BCUT2D eigenvalue weighted by atomic mass is 10.0. The first-order valence-electron chi connectivity index (χ1n) is 5.63. The van der Waals surface area contributed by atoms with E-state index in [4.69, 9.17) is 9.47 Å². The molecule has 0 aliphatic carbocycles. The van der Waals surface area contributed by atoms with Crippen molar-refractivity contribution >= 4 is 11.4 Å². The van der Waals surface area contributed by atoms with Gasteiger partial charge >= 0.3 is 0 Å². The standard InChI is InChI=1S/C12H16N2O2/c1-15-9-2-3-10-11(4-9)14-12-7-16-6-8(12)5-13-10/h2-4,8,12-14H,5-7H2,1H3. The average Bonchev–Trinajstić information content (AvgIpc) is 2.68. The second kappa shape index (κ2) is 3.87. The maximum absolute atomic E-state index is 5.48. The lowest BCUT2D eigenvalue weighted by Gasteiger charge is -2.15. The van der Waals surface area contributed by atoms with Crippen molar-refractivity contribution in [1.29, 1.82) is 0 Å². The van der Waals surface area contributed by atoms with Crippen molar-refractivity contribution in [2.45, 2.75) is 6.04 Å². The van der Waals surface area contributed by atoms with Gasteiger partial charge in [-0.25, -0.2) is 0 Å². The molecule has 2 unspecified atom stereocenters. The fraction of sp³-hybridized carbons (Fsp3) is 0.500. The van der Waals surface area contributed by atoms with Crippen molar-refractivity contribution in [2.75, 3.05) is 37.5 Å². The van der Waals surface area contributed by atoms with Crippen LogP contribution in [-0.4, -0.2) is 32.9 Å². The Bertz CT molecular complexity index is 395. The molecule has 1 saturated heterocycles. The van der Waals surface area contributed by atoms with E-state index in [-0.39, 0.29) is 0 Å². The van der Waals surface area contributed by atoms with Gasteiger partial charge in [0.2, 0.25) is 0 Å². The second-order valence-electron chi connectivity index (χ2n) is 4.34. The molecule has 86 valence electrons. The number of methoxy groups -OCH3 is 1. The Hall–Kier alpha value is -1.42. The molecular weight excluding hydrogens is 204 g/mol. The molecule has 0 spiro atoms. The second-order valence-corrected chi connectivity index (χ2v) is 4.34. The minimum Gasteiger partial charge on any atom is -0.497 e. The van der Waals surface area contributed by atoms with Crippen LogP contribution < -0.4 is 15.4 Å². The Labute approximate surface area is 94.9 Å². The smallest absolute Gasteiger partial charge is 0.121 e. The van der Waals surface area contributed by atoms with Crippen LogP contribution in [0.1, 0.15) is 0 Å². The van der Waals surface area contributed by atoms with E-state index in [9.17, 15) is 0 Å². The van der Waals surface area contributed by atoms with Crippen LogP contribution in [0.25, 0.3) is 0 Å². The summed E-state index contributed by atoms with van der Waals surface area (Å²) >= 11 is 0. The summed E-state index contributed by atoms with van der Waals surface area (Å²) in [6, 6.07) is 6.48. The molecule has 2 heterocycles. The fourth-order valence-electron chi connectivity index (χ4n) is 2.32. The molecule has 2 aliphatic rings. The number of benzene rings is 1. The summed E-state index contributed by atoms with van der Waals surface area (Å²) in [4.78, 5) is 0. The minimum absolute atomic E-state index is 0.417. The highest BCUT2D eigenvalue weighted by Gasteiger charge is 2.30. The Balaban J connectivity index is 1.91. The molecular formula is C12H16N2O2. The number of anilines is 2. The van der Waals surface area contributed by atoms with Crippen LogP contribution in [0.4, 0.5) is 11.4 Å². The van der Waals surface area contributed by atoms with Gasteiger partial charge in [-0.2, -0.15) is 0 Å². The molecule has 0 bridgehead atoms. The van der Waals surface area contributed by atoms with E-state index in [1.807, 2.05) is 12.1 Å². The highest BCUT2D eigenvalue weighted by molar-refractivity contribution is 5.72. The molecule has 1 aromatic rings.